The summed E-state index contributed by atoms with van der Waals surface area (Å²) in [7, 11) is 1.58. The van der Waals surface area contributed by atoms with Crippen LogP contribution >= 0.6 is 0 Å². The molecule has 1 N–H and O–H groups in total. The number of methoxy groups -OCH3 is 1. The summed E-state index contributed by atoms with van der Waals surface area (Å²) >= 11 is 0. The van der Waals surface area contributed by atoms with E-state index in [2.05, 4.69) is 29.9 Å². The van der Waals surface area contributed by atoms with E-state index in [1.807, 2.05) is 12.1 Å². The predicted molar refractivity (Wildman–Crippen MR) is 86.8 cm³/mol. The van der Waals surface area contributed by atoms with Crippen molar-refractivity contribution in [1.29, 1.82) is 0 Å². The number of rotatable bonds is 5. The third-order valence-electron chi connectivity index (χ3n) is 3.61. The fraction of sp³-hybridized carbons (Fsp3) is 0.412. The summed E-state index contributed by atoms with van der Waals surface area (Å²) in [5.74, 6) is 0.654. The second-order valence-electron chi connectivity index (χ2n) is 5.36. The van der Waals surface area contributed by atoms with Crippen molar-refractivity contribution in [2.45, 2.75) is 25.9 Å². The number of hydrogen-bond acceptors (Lipinski definition) is 4. The van der Waals surface area contributed by atoms with Gasteiger partial charge in [0.15, 0.2) is 0 Å². The lowest BCUT2D eigenvalue weighted by Gasteiger charge is -2.24. The molecule has 0 saturated carbocycles. The third-order valence-corrected chi connectivity index (χ3v) is 3.61. The summed E-state index contributed by atoms with van der Waals surface area (Å²) < 4.78 is 10.9. The lowest BCUT2D eigenvalue weighted by atomic mass is 9.98. The van der Waals surface area contributed by atoms with Crippen LogP contribution in [0, 0.1) is 5.92 Å². The number of nitrogens with zero attached hydrogens (tertiary/aromatic N) is 1. The average molecular weight is 302 g/mol. The minimum absolute atomic E-state index is 0.267. The van der Waals surface area contributed by atoms with E-state index in [9.17, 15) is 4.79 Å². The van der Waals surface area contributed by atoms with Crippen LogP contribution in [-0.2, 0) is 9.53 Å². The van der Waals surface area contributed by atoms with Crippen LogP contribution in [0.5, 0.6) is 5.88 Å². The van der Waals surface area contributed by atoms with Gasteiger partial charge >= 0.3 is 0 Å². The Morgan fingerprint density at radius 1 is 1.55 bits per heavy atom. The lowest BCUT2D eigenvalue weighted by Crippen LogP contribution is -2.22. The molecule has 1 aliphatic rings. The molecule has 0 aliphatic carbocycles. The van der Waals surface area contributed by atoms with Gasteiger partial charge in [0.05, 0.1) is 31.7 Å². The molecule has 22 heavy (non-hydrogen) atoms. The number of amides is 1. The number of ether oxygens (including phenoxy) is 2. The highest BCUT2D eigenvalue weighted by molar-refractivity contribution is 5.98. The summed E-state index contributed by atoms with van der Waals surface area (Å²) in [6.45, 7) is 6.26. The second kappa shape index (κ2) is 7.75. The van der Waals surface area contributed by atoms with Crippen LogP contribution in [0.25, 0.3) is 6.08 Å². The van der Waals surface area contributed by atoms with E-state index in [-0.39, 0.29) is 5.91 Å². The molecule has 2 rings (SSSR count). The highest BCUT2D eigenvalue weighted by Crippen LogP contribution is 2.24. The zero-order valence-corrected chi connectivity index (χ0v) is 13.0. The third kappa shape index (κ3) is 4.43. The van der Waals surface area contributed by atoms with Crippen molar-refractivity contribution < 1.29 is 14.3 Å². The summed E-state index contributed by atoms with van der Waals surface area (Å²) in [6, 6.07) is 1.83. The Bertz CT molecular complexity index is 561. The average Bonchev–Trinajstić information content (AvgIpc) is 2.54. The first-order valence-electron chi connectivity index (χ1n) is 7.39. The Kier molecular flexibility index (Phi) is 5.72. The van der Waals surface area contributed by atoms with Crippen molar-refractivity contribution in [3.8, 4) is 5.88 Å². The van der Waals surface area contributed by atoms with Crippen LogP contribution in [-0.4, -0.2) is 30.7 Å². The van der Waals surface area contributed by atoms with Crippen LogP contribution in [0.15, 0.2) is 31.0 Å². The van der Waals surface area contributed by atoms with Crippen molar-refractivity contribution in [3.05, 3.63) is 36.6 Å². The standard InChI is InChI=1S/C17H22N2O3/c1-4-16(20)19-15-9-14(17(21-3)18-10-15)8-7-13-6-5-12(2)22-11-13/h4,7-10,12-13H,1,5-6,11H2,2-3H3,(H,19,20)/b8-7+/t12-,13+/m0/s1. The van der Waals surface area contributed by atoms with Gasteiger partial charge in [-0.1, -0.05) is 18.7 Å². The van der Waals surface area contributed by atoms with Gasteiger partial charge in [-0.2, -0.15) is 0 Å². The van der Waals surface area contributed by atoms with Gasteiger partial charge in [-0.15, -0.1) is 0 Å². The topological polar surface area (TPSA) is 60.5 Å². The van der Waals surface area contributed by atoms with E-state index in [1.165, 1.54) is 6.08 Å². The highest BCUT2D eigenvalue weighted by atomic mass is 16.5. The van der Waals surface area contributed by atoms with Crippen LogP contribution in [0.2, 0.25) is 0 Å². The van der Waals surface area contributed by atoms with Gasteiger partial charge in [-0.05, 0) is 31.9 Å². The number of hydrogen-bond donors (Lipinski definition) is 1. The van der Waals surface area contributed by atoms with Crippen LogP contribution in [0.4, 0.5) is 5.69 Å². The molecule has 0 radical (unpaired) electrons. The predicted octanol–water partition coefficient (Wildman–Crippen LogP) is 3.04. The summed E-state index contributed by atoms with van der Waals surface area (Å²) in [5.41, 5.74) is 1.43. The molecule has 2 atom stereocenters. The zero-order chi connectivity index (χ0) is 15.9. The molecular formula is C17H22N2O3. The Balaban J connectivity index is 2.11. The van der Waals surface area contributed by atoms with Crippen LogP contribution < -0.4 is 10.1 Å². The molecule has 1 amide bonds. The van der Waals surface area contributed by atoms with Gasteiger partial charge in [-0.3, -0.25) is 4.79 Å². The minimum atomic E-state index is -0.267. The molecule has 0 spiro atoms. The Hall–Kier alpha value is -2.14. The Morgan fingerprint density at radius 2 is 2.36 bits per heavy atom. The van der Waals surface area contributed by atoms with Gasteiger partial charge in [0.2, 0.25) is 11.8 Å². The maximum absolute atomic E-state index is 11.4. The molecule has 1 aromatic rings. The first-order chi connectivity index (χ1) is 10.6. The minimum Gasteiger partial charge on any atom is -0.481 e. The molecule has 1 fully saturated rings. The van der Waals surface area contributed by atoms with Crippen molar-refractivity contribution in [2.75, 3.05) is 19.0 Å². The Morgan fingerprint density at radius 3 is 3.00 bits per heavy atom. The molecule has 2 heterocycles. The number of nitrogens with one attached hydrogen (secondary N) is 1. The van der Waals surface area contributed by atoms with Crippen LogP contribution in [0.1, 0.15) is 25.3 Å². The van der Waals surface area contributed by atoms with E-state index >= 15 is 0 Å². The number of carbonyl (C=O) groups excluding carboxylic acids is 1. The van der Waals surface area contributed by atoms with E-state index < -0.39 is 0 Å². The fourth-order valence-electron chi connectivity index (χ4n) is 2.32. The molecule has 0 unspecified atom stereocenters. The van der Waals surface area contributed by atoms with Crippen LogP contribution in [0.3, 0.4) is 0 Å². The molecule has 1 aliphatic heterocycles. The van der Waals surface area contributed by atoms with Gasteiger partial charge in [0.1, 0.15) is 0 Å². The zero-order valence-electron chi connectivity index (χ0n) is 13.0. The molecule has 1 aromatic heterocycles. The van der Waals surface area contributed by atoms with Crippen molar-refractivity contribution in [3.63, 3.8) is 0 Å². The maximum Gasteiger partial charge on any atom is 0.247 e. The van der Waals surface area contributed by atoms with E-state index in [0.29, 0.717) is 23.6 Å². The first-order valence-corrected chi connectivity index (χ1v) is 7.39. The second-order valence-corrected chi connectivity index (χ2v) is 5.36. The van der Waals surface area contributed by atoms with Gasteiger partial charge in [0.25, 0.3) is 0 Å². The normalized spacial score (nSPS) is 21.5. The maximum atomic E-state index is 11.4. The molecule has 0 aromatic carbocycles. The Labute approximate surface area is 131 Å². The SMILES string of the molecule is C=CC(=O)Nc1cnc(OC)c(/C=C/[C@H]2CC[C@H](C)OC2)c1. The number of carbonyl (C=O) groups is 1. The molecule has 5 nitrogen and oxygen atoms in total. The monoisotopic (exact) mass is 302 g/mol. The quantitative estimate of drug-likeness (QED) is 0.849. The number of aromatic nitrogens is 1. The van der Waals surface area contributed by atoms with Gasteiger partial charge in [-0.25, -0.2) is 4.98 Å². The largest absolute Gasteiger partial charge is 0.481 e. The van der Waals surface area contributed by atoms with Crippen molar-refractivity contribution >= 4 is 17.7 Å². The van der Waals surface area contributed by atoms with Gasteiger partial charge in [0, 0.05) is 11.5 Å². The summed E-state index contributed by atoms with van der Waals surface area (Å²) in [6.07, 6.45) is 9.39. The molecule has 1 saturated heterocycles. The smallest absolute Gasteiger partial charge is 0.247 e. The van der Waals surface area contributed by atoms with Gasteiger partial charge < -0.3 is 14.8 Å². The molecule has 0 bridgehead atoms. The summed E-state index contributed by atoms with van der Waals surface area (Å²) in [4.78, 5) is 15.6. The van der Waals surface area contributed by atoms with E-state index in [4.69, 9.17) is 9.47 Å². The molecule has 118 valence electrons. The lowest BCUT2D eigenvalue weighted by molar-refractivity contribution is -0.111. The van der Waals surface area contributed by atoms with Crippen molar-refractivity contribution in [2.24, 2.45) is 5.92 Å². The highest BCUT2D eigenvalue weighted by Gasteiger charge is 2.16. The van der Waals surface area contributed by atoms with Crippen molar-refractivity contribution in [1.82, 2.24) is 4.98 Å². The fourth-order valence-corrected chi connectivity index (χ4v) is 2.32. The number of pyridine rings is 1. The summed E-state index contributed by atoms with van der Waals surface area (Å²) in [5, 5.41) is 2.69. The van der Waals surface area contributed by atoms with E-state index in [1.54, 1.807) is 13.3 Å². The molecular weight excluding hydrogens is 280 g/mol. The first kappa shape index (κ1) is 16.2. The number of anilines is 1. The molecule has 5 heteroatoms. The van der Waals surface area contributed by atoms with E-state index in [0.717, 1.165) is 25.0 Å².